The van der Waals surface area contributed by atoms with Crippen LogP contribution >= 0.6 is 0 Å². The number of para-hydroxylation sites is 1. The Morgan fingerprint density at radius 2 is 1.81 bits per heavy atom. The van der Waals surface area contributed by atoms with Crippen LogP contribution in [0, 0.1) is 0 Å². The predicted octanol–water partition coefficient (Wildman–Crippen LogP) is 1.92. The van der Waals surface area contributed by atoms with Crippen LogP contribution in [0.3, 0.4) is 0 Å². The summed E-state index contributed by atoms with van der Waals surface area (Å²) in [6, 6.07) is 11.1. The molecule has 0 bridgehead atoms. The second-order valence-electron chi connectivity index (χ2n) is 5.74. The molecule has 0 aliphatic carbocycles. The fourth-order valence-corrected chi connectivity index (χ4v) is 4.66. The maximum absolute atomic E-state index is 13.0. The van der Waals surface area contributed by atoms with Crippen molar-refractivity contribution in [3.8, 4) is 11.5 Å². The van der Waals surface area contributed by atoms with Crippen molar-refractivity contribution in [3.63, 3.8) is 0 Å². The van der Waals surface area contributed by atoms with Gasteiger partial charge in [-0.05, 0) is 24.3 Å². The molecule has 0 saturated carbocycles. The third kappa shape index (κ3) is 3.17. The highest BCUT2D eigenvalue weighted by Gasteiger charge is 2.39. The van der Waals surface area contributed by atoms with Gasteiger partial charge in [0.2, 0.25) is 5.78 Å². The highest BCUT2D eigenvalue weighted by atomic mass is 32.2. The monoisotopic (exact) mass is 389 g/mol. The highest BCUT2D eigenvalue weighted by Crippen LogP contribution is 2.36. The molecule has 7 nitrogen and oxygen atoms in total. The van der Waals surface area contributed by atoms with Crippen LogP contribution in [0.1, 0.15) is 15.9 Å². The van der Waals surface area contributed by atoms with Gasteiger partial charge in [0.25, 0.3) is 10.0 Å². The molecule has 1 heterocycles. The van der Waals surface area contributed by atoms with E-state index in [1.54, 1.807) is 30.3 Å². The maximum atomic E-state index is 13.0. The largest absolute Gasteiger partial charge is 0.493 e. The van der Waals surface area contributed by atoms with Crippen molar-refractivity contribution in [3.05, 3.63) is 59.3 Å². The Morgan fingerprint density at radius 3 is 2.48 bits per heavy atom. The minimum atomic E-state index is -3.97. The summed E-state index contributed by atoms with van der Waals surface area (Å²) >= 11 is 0. The van der Waals surface area contributed by atoms with Gasteiger partial charge >= 0.3 is 0 Å². The third-order valence-electron chi connectivity index (χ3n) is 4.23. The van der Waals surface area contributed by atoms with Crippen LogP contribution in [0.4, 0.5) is 0 Å². The molecule has 2 aromatic rings. The summed E-state index contributed by atoms with van der Waals surface area (Å²) < 4.78 is 37.5. The first-order valence-corrected chi connectivity index (χ1v) is 9.59. The van der Waals surface area contributed by atoms with Crippen LogP contribution in [0.5, 0.6) is 11.5 Å². The Balaban J connectivity index is 2.25. The molecule has 2 aromatic carbocycles. The van der Waals surface area contributed by atoms with E-state index in [1.165, 1.54) is 32.4 Å². The molecule has 0 amide bonds. The van der Waals surface area contributed by atoms with Gasteiger partial charge in [-0.2, -0.15) is 0 Å². The summed E-state index contributed by atoms with van der Waals surface area (Å²) in [6.07, 6.45) is 1.44. The first kappa shape index (κ1) is 18.9. The number of hydrogen-bond donors (Lipinski definition) is 1. The standard InChI is InChI=1S/C19H19NO6S/c1-25-16-8-5-6-13(19(16)26-2)12-15-18(22)14-7-3-4-9-17(14)27(23,24)20(15)10-11-21/h3-9,12,21H,10-11H2,1-2H3. The SMILES string of the molecule is COc1cccc(C=C2C(=O)c3ccccc3S(=O)(=O)N2CCO)c1OC. The number of methoxy groups -OCH3 is 2. The van der Waals surface area contributed by atoms with Crippen molar-refractivity contribution < 1.29 is 27.8 Å². The minimum absolute atomic E-state index is 0.0608. The molecular weight excluding hydrogens is 370 g/mol. The Bertz CT molecular complexity index is 1010. The van der Waals surface area contributed by atoms with Gasteiger partial charge in [0.15, 0.2) is 11.5 Å². The number of aliphatic hydroxyl groups is 1. The van der Waals surface area contributed by atoms with Crippen LogP contribution in [0.25, 0.3) is 6.08 Å². The lowest BCUT2D eigenvalue weighted by Gasteiger charge is -2.31. The summed E-state index contributed by atoms with van der Waals surface area (Å²) in [5.74, 6) is 0.381. The Hall–Kier alpha value is -2.84. The van der Waals surface area contributed by atoms with Crippen molar-refractivity contribution in [1.29, 1.82) is 0 Å². The number of ketones is 1. The number of hydrogen-bond acceptors (Lipinski definition) is 6. The molecule has 1 aliphatic heterocycles. The summed E-state index contributed by atoms with van der Waals surface area (Å²) in [7, 11) is -1.03. The zero-order valence-electron chi connectivity index (χ0n) is 14.9. The molecule has 1 N–H and O–H groups in total. The lowest BCUT2D eigenvalue weighted by Crippen LogP contribution is -2.40. The first-order chi connectivity index (χ1) is 13.0. The number of carbonyl (C=O) groups excluding carboxylic acids is 1. The van der Waals surface area contributed by atoms with Crippen LogP contribution in [-0.2, 0) is 10.0 Å². The second-order valence-corrected chi connectivity index (χ2v) is 7.57. The molecule has 0 atom stereocenters. The lowest BCUT2D eigenvalue weighted by atomic mass is 10.0. The molecule has 8 heteroatoms. The molecular formula is C19H19NO6S. The Labute approximate surface area is 157 Å². The lowest BCUT2D eigenvalue weighted by molar-refractivity contribution is 0.0998. The third-order valence-corrected chi connectivity index (χ3v) is 6.10. The summed E-state index contributed by atoms with van der Waals surface area (Å²) in [5.41, 5.74) is 0.520. The van der Waals surface area contributed by atoms with E-state index in [9.17, 15) is 18.3 Å². The average molecular weight is 389 g/mol. The van der Waals surface area contributed by atoms with Gasteiger partial charge in [-0.25, -0.2) is 8.42 Å². The van der Waals surface area contributed by atoms with Crippen molar-refractivity contribution in [2.75, 3.05) is 27.4 Å². The minimum Gasteiger partial charge on any atom is -0.493 e. The van der Waals surface area contributed by atoms with Gasteiger partial charge in [-0.15, -0.1) is 0 Å². The van der Waals surface area contributed by atoms with E-state index in [1.807, 2.05) is 0 Å². The zero-order chi connectivity index (χ0) is 19.6. The number of rotatable bonds is 5. The molecule has 1 aliphatic rings. The number of carbonyl (C=O) groups is 1. The summed E-state index contributed by atoms with van der Waals surface area (Å²) in [6.45, 7) is -0.665. The number of ether oxygens (including phenoxy) is 2. The van der Waals surface area contributed by atoms with E-state index in [2.05, 4.69) is 0 Å². The van der Waals surface area contributed by atoms with E-state index in [4.69, 9.17) is 9.47 Å². The van der Waals surface area contributed by atoms with E-state index in [-0.39, 0.29) is 22.7 Å². The maximum Gasteiger partial charge on any atom is 0.265 e. The molecule has 0 aromatic heterocycles. The van der Waals surface area contributed by atoms with Crippen molar-refractivity contribution >= 4 is 21.9 Å². The smallest absolute Gasteiger partial charge is 0.265 e. The Morgan fingerprint density at radius 1 is 1.07 bits per heavy atom. The van der Waals surface area contributed by atoms with Crippen LogP contribution in [0.15, 0.2) is 53.1 Å². The van der Waals surface area contributed by atoms with E-state index >= 15 is 0 Å². The zero-order valence-corrected chi connectivity index (χ0v) is 15.7. The van der Waals surface area contributed by atoms with Gasteiger partial charge in [0.05, 0.1) is 32.3 Å². The summed E-state index contributed by atoms with van der Waals surface area (Å²) in [4.78, 5) is 12.9. The van der Waals surface area contributed by atoms with Crippen molar-refractivity contribution in [2.45, 2.75) is 4.90 Å². The highest BCUT2D eigenvalue weighted by molar-refractivity contribution is 7.89. The van der Waals surface area contributed by atoms with Gasteiger partial charge in [0, 0.05) is 11.1 Å². The second kappa shape index (κ2) is 7.42. The van der Waals surface area contributed by atoms with Gasteiger partial charge in [-0.1, -0.05) is 24.3 Å². The predicted molar refractivity (Wildman–Crippen MR) is 99.3 cm³/mol. The normalized spacial score (nSPS) is 16.9. The molecule has 0 spiro atoms. The molecule has 0 unspecified atom stereocenters. The van der Waals surface area contributed by atoms with Gasteiger partial charge in [0.1, 0.15) is 5.70 Å². The van der Waals surface area contributed by atoms with Crippen molar-refractivity contribution in [2.24, 2.45) is 0 Å². The quantitative estimate of drug-likeness (QED) is 0.786. The number of β-amino-alcohol motifs (C(OH)–C–C–N with tert-alkyl or cyclic N) is 1. The molecule has 142 valence electrons. The van der Waals surface area contributed by atoms with E-state index < -0.39 is 22.4 Å². The number of Topliss-reactive ketones (excluding diaryl/α,β-unsaturated/α-hetero) is 1. The molecule has 27 heavy (non-hydrogen) atoms. The van der Waals surface area contributed by atoms with Gasteiger partial charge < -0.3 is 14.6 Å². The number of benzene rings is 2. The van der Waals surface area contributed by atoms with Crippen LogP contribution < -0.4 is 9.47 Å². The molecule has 0 radical (unpaired) electrons. The van der Waals surface area contributed by atoms with Crippen molar-refractivity contribution in [1.82, 2.24) is 4.31 Å². The topological polar surface area (TPSA) is 93.1 Å². The van der Waals surface area contributed by atoms with Gasteiger partial charge in [-0.3, -0.25) is 9.10 Å². The molecule has 0 fully saturated rings. The fraction of sp³-hybridized carbons (Fsp3) is 0.211. The fourth-order valence-electron chi connectivity index (χ4n) is 3.02. The van der Waals surface area contributed by atoms with E-state index in [0.29, 0.717) is 17.1 Å². The van der Waals surface area contributed by atoms with Crippen LogP contribution in [0.2, 0.25) is 0 Å². The number of sulfonamides is 1. The summed E-state index contributed by atoms with van der Waals surface area (Å²) in [5, 5.41) is 9.36. The molecule has 3 rings (SSSR count). The average Bonchev–Trinajstić information content (AvgIpc) is 2.68. The number of allylic oxidation sites excluding steroid dienone is 1. The first-order valence-electron chi connectivity index (χ1n) is 8.15. The Kier molecular flexibility index (Phi) is 5.20. The van der Waals surface area contributed by atoms with E-state index in [0.717, 1.165) is 4.31 Å². The number of fused-ring (bicyclic) bond motifs is 1. The molecule has 0 saturated heterocycles. The van der Waals surface area contributed by atoms with Crippen LogP contribution in [-0.4, -0.2) is 51.0 Å². The number of nitrogens with zero attached hydrogens (tertiary/aromatic N) is 1. The number of aliphatic hydroxyl groups excluding tert-OH is 1.